The molecule has 1 aromatic heterocycles. The number of benzene rings is 2. The molecule has 4 aliphatic rings. The molecule has 5 unspecified atom stereocenters. The maximum atomic E-state index is 14.1. The highest BCUT2D eigenvalue weighted by molar-refractivity contribution is 7.91. The molecular formula is C37H41N5O6S. The maximum Gasteiger partial charge on any atom is 0.259 e. The summed E-state index contributed by atoms with van der Waals surface area (Å²) in [5, 5.41) is 2.36. The quantitative estimate of drug-likeness (QED) is 0.351. The normalized spacial score (nSPS) is 27.3. The van der Waals surface area contributed by atoms with Crippen molar-refractivity contribution in [3.05, 3.63) is 78.9 Å². The Balaban J connectivity index is 1.17. The molecular weight excluding hydrogens is 643 g/mol. The van der Waals surface area contributed by atoms with Crippen LogP contribution in [0.5, 0.6) is 5.88 Å². The molecule has 49 heavy (non-hydrogen) atoms. The summed E-state index contributed by atoms with van der Waals surface area (Å²) in [5.41, 5.74) is 1.00. The highest BCUT2D eigenvalue weighted by Crippen LogP contribution is 2.47. The van der Waals surface area contributed by atoms with Gasteiger partial charge >= 0.3 is 0 Å². The van der Waals surface area contributed by atoms with E-state index in [1.54, 1.807) is 18.0 Å². The van der Waals surface area contributed by atoms with Gasteiger partial charge in [-0.05, 0) is 51.4 Å². The van der Waals surface area contributed by atoms with Gasteiger partial charge in [-0.15, -0.1) is 0 Å². The summed E-state index contributed by atoms with van der Waals surface area (Å²) >= 11 is 0. The van der Waals surface area contributed by atoms with Crippen LogP contribution in [0.4, 0.5) is 0 Å². The van der Waals surface area contributed by atoms with E-state index in [2.05, 4.69) is 10.0 Å². The van der Waals surface area contributed by atoms with Gasteiger partial charge in [0, 0.05) is 36.7 Å². The number of rotatable bonds is 7. The number of carbonyl (C=O) groups is 3. The summed E-state index contributed by atoms with van der Waals surface area (Å²) in [6.45, 7) is 0.560. The van der Waals surface area contributed by atoms with Gasteiger partial charge in [-0.2, -0.15) is 4.98 Å². The second-order valence-electron chi connectivity index (χ2n) is 13.7. The van der Waals surface area contributed by atoms with E-state index >= 15 is 0 Å². The number of allylic oxidation sites excluding steroid dienone is 1. The third-order valence-electron chi connectivity index (χ3n) is 10.1. The second-order valence-corrected chi connectivity index (χ2v) is 15.7. The summed E-state index contributed by atoms with van der Waals surface area (Å²) in [4.78, 5) is 52.8. The molecule has 11 nitrogen and oxygen atoms in total. The third kappa shape index (κ3) is 7.10. The summed E-state index contributed by atoms with van der Waals surface area (Å²) in [7, 11) is -2.06. The van der Waals surface area contributed by atoms with Crippen LogP contribution >= 0.6 is 0 Å². The van der Waals surface area contributed by atoms with Gasteiger partial charge in [-0.1, -0.05) is 72.8 Å². The minimum absolute atomic E-state index is 0.154. The number of aromatic nitrogens is 2. The van der Waals surface area contributed by atoms with Crippen molar-refractivity contribution in [1.29, 1.82) is 0 Å². The lowest BCUT2D eigenvalue weighted by atomic mass is 9.93. The fourth-order valence-electron chi connectivity index (χ4n) is 7.02. The predicted molar refractivity (Wildman–Crippen MR) is 183 cm³/mol. The van der Waals surface area contributed by atoms with Crippen molar-refractivity contribution >= 4 is 27.7 Å². The van der Waals surface area contributed by atoms with Crippen LogP contribution in [-0.4, -0.2) is 71.5 Å². The second kappa shape index (κ2) is 13.4. The lowest BCUT2D eigenvalue weighted by molar-refractivity contribution is -0.140. The summed E-state index contributed by atoms with van der Waals surface area (Å²) < 4.78 is 34.2. The lowest BCUT2D eigenvalue weighted by Gasteiger charge is -2.26. The van der Waals surface area contributed by atoms with Crippen molar-refractivity contribution in [1.82, 2.24) is 24.9 Å². The molecule has 3 aliphatic carbocycles. The zero-order chi connectivity index (χ0) is 34.2. The Labute approximate surface area is 286 Å². The molecule has 0 bridgehead atoms. The fraction of sp³-hybridized carbons (Fsp3) is 0.432. The van der Waals surface area contributed by atoms with E-state index in [4.69, 9.17) is 14.7 Å². The number of amides is 3. The molecule has 1 aliphatic heterocycles. The first-order valence-corrected chi connectivity index (χ1v) is 18.6. The average Bonchev–Trinajstić information content (AvgIpc) is 4.03. The maximum absolute atomic E-state index is 14.1. The first-order chi connectivity index (χ1) is 23.6. The van der Waals surface area contributed by atoms with Crippen molar-refractivity contribution < 1.29 is 27.5 Å². The molecule has 0 saturated heterocycles. The van der Waals surface area contributed by atoms with Crippen LogP contribution in [0, 0.1) is 17.8 Å². The fourth-order valence-corrected chi connectivity index (χ4v) is 8.38. The average molecular weight is 684 g/mol. The van der Waals surface area contributed by atoms with Crippen LogP contribution in [0.1, 0.15) is 51.4 Å². The molecule has 3 aromatic rings. The van der Waals surface area contributed by atoms with Gasteiger partial charge in [0.05, 0.1) is 22.8 Å². The molecule has 3 saturated carbocycles. The molecule has 5 atom stereocenters. The van der Waals surface area contributed by atoms with Crippen LogP contribution < -0.4 is 14.8 Å². The van der Waals surface area contributed by atoms with Crippen molar-refractivity contribution in [2.75, 3.05) is 13.6 Å². The first-order valence-electron chi connectivity index (χ1n) is 17.1. The first kappa shape index (κ1) is 32.9. The van der Waals surface area contributed by atoms with Crippen LogP contribution in [0.2, 0.25) is 0 Å². The van der Waals surface area contributed by atoms with Gasteiger partial charge in [0.25, 0.3) is 5.91 Å². The largest absolute Gasteiger partial charge is 0.474 e. The minimum Gasteiger partial charge on any atom is -0.474 e. The molecule has 0 spiro atoms. The van der Waals surface area contributed by atoms with Gasteiger partial charge in [-0.25, -0.2) is 13.4 Å². The van der Waals surface area contributed by atoms with E-state index < -0.39 is 50.6 Å². The summed E-state index contributed by atoms with van der Waals surface area (Å²) in [5.74, 6) is -2.33. The van der Waals surface area contributed by atoms with E-state index in [9.17, 15) is 22.8 Å². The standard InChI is InChI=1S/C37H41N5O6S/c1-42-19-11-3-2-10-16-26-23-37(26,36(45)41-49(46,47)28-17-18-28)40-34(43)29-20-27(21-30(29)35(42)44)48-32-22-31(24-12-6-4-7-13-24)38-33(39-32)25-14-8-5-9-15-25/h4-10,12-16,22,26-30H,2-3,11,17-21,23H2,1H3,(H,40,43)(H,41,45). The number of hydrogen-bond acceptors (Lipinski definition) is 8. The minimum atomic E-state index is -3.82. The Morgan fingerprint density at radius 2 is 1.65 bits per heavy atom. The Morgan fingerprint density at radius 3 is 2.37 bits per heavy atom. The van der Waals surface area contributed by atoms with Crippen molar-refractivity contribution in [2.45, 2.75) is 68.3 Å². The van der Waals surface area contributed by atoms with E-state index in [0.717, 1.165) is 30.4 Å². The summed E-state index contributed by atoms with van der Waals surface area (Å²) in [6, 6.07) is 21.1. The van der Waals surface area contributed by atoms with Crippen molar-refractivity contribution in [3.63, 3.8) is 0 Å². The van der Waals surface area contributed by atoms with E-state index in [1.165, 1.54) is 0 Å². The van der Waals surface area contributed by atoms with Crippen molar-refractivity contribution in [2.24, 2.45) is 17.8 Å². The number of sulfonamides is 1. The molecule has 2 N–H and O–H groups in total. The predicted octanol–water partition coefficient (Wildman–Crippen LogP) is 4.27. The number of nitrogens with one attached hydrogen (secondary N) is 2. The SMILES string of the molecule is CN1CCCCC=CC2CC2(C(=O)NS(=O)(=O)C2CC2)NC(=O)C2CC(Oc3cc(-c4ccccc4)nc(-c4ccccc4)n3)CC2C1=O. The topological polar surface area (TPSA) is 148 Å². The van der Waals surface area contributed by atoms with E-state index in [-0.39, 0.29) is 31.1 Å². The van der Waals surface area contributed by atoms with Crippen molar-refractivity contribution in [3.8, 4) is 28.5 Å². The molecule has 3 fully saturated rings. The van der Waals surface area contributed by atoms with Gasteiger partial charge in [0.2, 0.25) is 27.7 Å². The van der Waals surface area contributed by atoms with Gasteiger partial charge < -0.3 is 15.0 Å². The number of hydrogen-bond donors (Lipinski definition) is 2. The smallest absolute Gasteiger partial charge is 0.259 e. The highest BCUT2D eigenvalue weighted by Gasteiger charge is 2.62. The molecule has 7 rings (SSSR count). The Bertz CT molecular complexity index is 1810. The number of carbonyl (C=O) groups excluding carboxylic acids is 3. The highest BCUT2D eigenvalue weighted by atomic mass is 32.2. The molecule has 3 amide bonds. The van der Waals surface area contributed by atoms with Gasteiger partial charge in [-0.3, -0.25) is 19.1 Å². The van der Waals surface area contributed by atoms with Gasteiger partial charge in [0.15, 0.2) is 5.82 Å². The van der Waals surface area contributed by atoms with Crippen LogP contribution in [0.3, 0.4) is 0 Å². The Hall–Kier alpha value is -4.58. The van der Waals surface area contributed by atoms with E-state index in [0.29, 0.717) is 36.8 Å². The molecule has 2 aromatic carbocycles. The molecule has 0 radical (unpaired) electrons. The summed E-state index contributed by atoms with van der Waals surface area (Å²) in [6.07, 6.45) is 7.57. The Kier molecular flexibility index (Phi) is 8.99. The zero-order valence-electron chi connectivity index (χ0n) is 27.5. The molecule has 256 valence electrons. The lowest BCUT2D eigenvalue weighted by Crippen LogP contribution is -2.54. The van der Waals surface area contributed by atoms with E-state index in [1.807, 2.05) is 72.8 Å². The van der Waals surface area contributed by atoms with Crippen LogP contribution in [-0.2, 0) is 24.4 Å². The zero-order valence-corrected chi connectivity index (χ0v) is 28.3. The van der Waals surface area contributed by atoms with Crippen LogP contribution in [0.15, 0.2) is 78.9 Å². The monoisotopic (exact) mass is 683 g/mol. The number of ether oxygens (including phenoxy) is 1. The van der Waals surface area contributed by atoms with Crippen LogP contribution in [0.25, 0.3) is 22.6 Å². The third-order valence-corrected chi connectivity index (χ3v) is 11.9. The number of fused-ring (bicyclic) bond motifs is 2. The van der Waals surface area contributed by atoms with Gasteiger partial charge in [0.1, 0.15) is 11.6 Å². The molecule has 2 heterocycles. The number of nitrogens with zero attached hydrogens (tertiary/aromatic N) is 3. The Morgan fingerprint density at radius 1 is 0.959 bits per heavy atom. The molecule has 12 heteroatoms.